The molecule has 5 heterocycles. The number of rotatable bonds is 6. The number of fused-ring (bicyclic) bond motifs is 5. The molecule has 12 heteroatoms. The van der Waals surface area contributed by atoms with Gasteiger partial charge in [-0.25, -0.2) is 14.2 Å². The Kier molecular flexibility index (Phi) is 7.32. The van der Waals surface area contributed by atoms with E-state index in [1.165, 1.54) is 6.07 Å². The van der Waals surface area contributed by atoms with E-state index in [1.807, 2.05) is 60.1 Å². The fourth-order valence-electron chi connectivity index (χ4n) is 8.10. The second-order valence-corrected chi connectivity index (χ2v) is 14.4. The summed E-state index contributed by atoms with van der Waals surface area (Å²) in [6, 6.07) is 18.2. The highest BCUT2D eigenvalue weighted by Gasteiger charge is 2.59. The molecule has 3 aromatic heterocycles. The smallest absolute Gasteiger partial charge is 0.408 e. The number of aryl methyl sites for hydroxylation is 1. The Hall–Kier alpha value is -5.52. The van der Waals surface area contributed by atoms with Gasteiger partial charge < -0.3 is 24.4 Å². The number of pyridine rings is 1. The first-order chi connectivity index (χ1) is 23.9. The lowest BCUT2D eigenvalue weighted by Crippen LogP contribution is -2.68. The molecule has 0 aliphatic carbocycles. The minimum absolute atomic E-state index is 0.000834. The number of piperazine rings is 1. The average Bonchev–Trinajstić information content (AvgIpc) is 3.54. The van der Waals surface area contributed by atoms with Crippen LogP contribution >= 0.6 is 0 Å². The summed E-state index contributed by atoms with van der Waals surface area (Å²) >= 11 is 0. The Morgan fingerprint density at radius 3 is 2.62 bits per heavy atom. The third kappa shape index (κ3) is 4.95. The first kappa shape index (κ1) is 31.7. The van der Waals surface area contributed by atoms with E-state index in [4.69, 9.17) is 14.7 Å². The molecule has 3 aromatic carbocycles. The van der Waals surface area contributed by atoms with Crippen LogP contribution in [0.1, 0.15) is 39.4 Å². The molecule has 0 radical (unpaired) electrons. The number of aromatic nitrogens is 5. The number of phenolic OH excluding ortho intramolecular Hbond substituents is 1. The highest BCUT2D eigenvalue weighted by molar-refractivity contribution is 6.00. The van der Waals surface area contributed by atoms with Crippen molar-refractivity contribution in [1.29, 1.82) is 0 Å². The lowest BCUT2D eigenvalue weighted by molar-refractivity contribution is 0.00529. The van der Waals surface area contributed by atoms with Crippen molar-refractivity contribution in [3.8, 4) is 23.0 Å². The van der Waals surface area contributed by atoms with Gasteiger partial charge in [0.2, 0.25) is 0 Å². The number of phenols is 1. The van der Waals surface area contributed by atoms with E-state index < -0.39 is 17.4 Å². The molecule has 2 N–H and O–H groups in total. The maximum absolute atomic E-state index is 16.9. The van der Waals surface area contributed by atoms with E-state index in [1.54, 1.807) is 17.2 Å². The van der Waals surface area contributed by atoms with Crippen LogP contribution in [0.4, 0.5) is 15.0 Å². The van der Waals surface area contributed by atoms with Gasteiger partial charge in [0.1, 0.15) is 28.6 Å². The van der Waals surface area contributed by atoms with Gasteiger partial charge in [0.25, 0.3) is 0 Å². The number of nitrogens with zero attached hydrogens (tertiary/aromatic N) is 7. The molecular formula is C38H38FN7O4. The van der Waals surface area contributed by atoms with Crippen molar-refractivity contribution in [2.45, 2.75) is 51.6 Å². The number of hydrogen-bond donors (Lipinski definition) is 2. The van der Waals surface area contributed by atoms with Crippen LogP contribution in [-0.2, 0) is 13.5 Å². The number of amides is 1. The van der Waals surface area contributed by atoms with Crippen molar-refractivity contribution in [3.63, 3.8) is 0 Å². The van der Waals surface area contributed by atoms with Gasteiger partial charge in [-0.05, 0) is 53.3 Å². The van der Waals surface area contributed by atoms with E-state index in [0.29, 0.717) is 49.1 Å². The lowest BCUT2D eigenvalue weighted by atomic mass is 9.71. The Bertz CT molecular complexity index is 2320. The topological polar surface area (TPSA) is 130 Å². The molecule has 0 spiro atoms. The SMILES string of the molecule is Cn1c(CCOc2nc(N3C[C@@H]4CC[C@@](C(C)(C)C)(C3)N4C(=O)O)c3cnc(-c4cc(O)cc5ccccc45)c(F)c3n2)nc2ccccc21. The first-order valence-electron chi connectivity index (χ1n) is 16.8. The van der Waals surface area contributed by atoms with Crippen LogP contribution in [0.15, 0.2) is 66.9 Å². The van der Waals surface area contributed by atoms with Crippen molar-refractivity contribution in [2.24, 2.45) is 12.5 Å². The molecular weight excluding hydrogens is 637 g/mol. The van der Waals surface area contributed by atoms with E-state index in [0.717, 1.165) is 27.6 Å². The van der Waals surface area contributed by atoms with Crippen molar-refractivity contribution < 1.29 is 24.1 Å². The first-order valence-corrected chi connectivity index (χ1v) is 16.8. The number of para-hydroxylation sites is 2. The molecule has 50 heavy (non-hydrogen) atoms. The number of anilines is 1. The van der Waals surface area contributed by atoms with Crippen LogP contribution < -0.4 is 9.64 Å². The summed E-state index contributed by atoms with van der Waals surface area (Å²) in [5.74, 6) is 0.597. The van der Waals surface area contributed by atoms with Crippen molar-refractivity contribution in [2.75, 3.05) is 24.6 Å². The molecule has 2 aliphatic heterocycles. The summed E-state index contributed by atoms with van der Waals surface area (Å²) in [4.78, 5) is 35.1. The highest BCUT2D eigenvalue weighted by atomic mass is 19.1. The van der Waals surface area contributed by atoms with Crippen LogP contribution in [-0.4, -0.2) is 77.0 Å². The Morgan fingerprint density at radius 2 is 1.84 bits per heavy atom. The van der Waals surface area contributed by atoms with Crippen molar-refractivity contribution >= 4 is 44.6 Å². The van der Waals surface area contributed by atoms with Gasteiger partial charge in [0.15, 0.2) is 5.82 Å². The Balaban J connectivity index is 1.24. The number of carbonyl (C=O) groups is 1. The van der Waals surface area contributed by atoms with Gasteiger partial charge in [-0.15, -0.1) is 0 Å². The van der Waals surface area contributed by atoms with Crippen LogP contribution in [0, 0.1) is 11.2 Å². The molecule has 2 saturated heterocycles. The molecule has 2 bridgehead atoms. The fourth-order valence-corrected chi connectivity index (χ4v) is 8.10. The maximum Gasteiger partial charge on any atom is 0.408 e. The predicted octanol–water partition coefficient (Wildman–Crippen LogP) is 6.95. The van der Waals surface area contributed by atoms with Crippen LogP contribution in [0.3, 0.4) is 0 Å². The number of halogens is 1. The number of aromatic hydroxyl groups is 1. The molecule has 6 aromatic rings. The monoisotopic (exact) mass is 675 g/mol. The van der Waals surface area contributed by atoms with Crippen LogP contribution in [0.5, 0.6) is 11.8 Å². The predicted molar refractivity (Wildman–Crippen MR) is 189 cm³/mol. The summed E-state index contributed by atoms with van der Waals surface area (Å²) < 4.78 is 25.1. The molecule has 1 amide bonds. The van der Waals surface area contributed by atoms with Crippen molar-refractivity contribution in [3.05, 3.63) is 78.5 Å². The lowest BCUT2D eigenvalue weighted by Gasteiger charge is -2.54. The van der Waals surface area contributed by atoms with Gasteiger partial charge >= 0.3 is 12.1 Å². The molecule has 0 saturated carbocycles. The van der Waals surface area contributed by atoms with Crippen LogP contribution in [0.25, 0.3) is 44.0 Å². The largest absolute Gasteiger partial charge is 0.508 e. The minimum atomic E-state index is -0.934. The minimum Gasteiger partial charge on any atom is -0.508 e. The molecule has 8 rings (SSSR count). The number of hydrogen-bond acceptors (Lipinski definition) is 8. The quantitative estimate of drug-likeness (QED) is 0.193. The number of benzene rings is 3. The fraction of sp³-hybridized carbons (Fsp3) is 0.342. The van der Waals surface area contributed by atoms with E-state index in [-0.39, 0.29) is 41.0 Å². The summed E-state index contributed by atoms with van der Waals surface area (Å²) in [6.45, 7) is 7.14. The van der Waals surface area contributed by atoms with E-state index >= 15 is 4.39 Å². The van der Waals surface area contributed by atoms with Crippen LogP contribution in [0.2, 0.25) is 0 Å². The van der Waals surface area contributed by atoms with Gasteiger partial charge in [0, 0.05) is 38.3 Å². The third-order valence-electron chi connectivity index (χ3n) is 10.7. The molecule has 2 aliphatic rings. The number of ether oxygens (including phenoxy) is 1. The zero-order valence-corrected chi connectivity index (χ0v) is 28.4. The Morgan fingerprint density at radius 1 is 1.06 bits per heavy atom. The van der Waals surface area contributed by atoms with Gasteiger partial charge in [-0.3, -0.25) is 9.88 Å². The average molecular weight is 676 g/mol. The van der Waals surface area contributed by atoms with Gasteiger partial charge in [0.05, 0.1) is 34.6 Å². The zero-order valence-electron chi connectivity index (χ0n) is 28.4. The summed E-state index contributed by atoms with van der Waals surface area (Å²) in [5, 5.41) is 22.7. The summed E-state index contributed by atoms with van der Waals surface area (Å²) in [7, 11) is 1.96. The molecule has 2 fully saturated rings. The van der Waals surface area contributed by atoms with E-state index in [9.17, 15) is 15.0 Å². The summed E-state index contributed by atoms with van der Waals surface area (Å²) in [6.07, 6.45) is 2.52. The highest BCUT2D eigenvalue weighted by Crippen LogP contribution is 2.50. The second-order valence-electron chi connectivity index (χ2n) is 14.4. The van der Waals surface area contributed by atoms with E-state index in [2.05, 4.69) is 35.6 Å². The zero-order chi connectivity index (χ0) is 34.9. The van der Waals surface area contributed by atoms with Crippen molar-refractivity contribution in [1.82, 2.24) is 29.4 Å². The van der Waals surface area contributed by atoms with Gasteiger partial charge in [-0.1, -0.05) is 57.2 Å². The molecule has 2 atom stereocenters. The maximum atomic E-state index is 16.9. The third-order valence-corrected chi connectivity index (χ3v) is 10.7. The normalized spacial score (nSPS) is 19.2. The molecule has 11 nitrogen and oxygen atoms in total. The van der Waals surface area contributed by atoms with Gasteiger partial charge in [-0.2, -0.15) is 9.97 Å². The standard InChI is InChI=1S/C38H38FN7O4/c1-37(2,3)38-15-13-23(46(38)36(48)49)20-45(21-38)34-27-19-40-32(26-18-24(47)17-22-9-5-6-10-25(22)26)31(39)33(27)42-35(43-34)50-16-14-30-41-28-11-7-8-12-29(28)44(30)4/h5-12,17-19,23,47H,13-16,20-21H2,1-4H3,(H,48,49)/t23-,38-/m0/s1. The molecule has 256 valence electrons. The Labute approximate surface area is 288 Å². The number of imidazole rings is 1. The summed E-state index contributed by atoms with van der Waals surface area (Å²) in [5.41, 5.74) is 1.33. The number of carboxylic acid groups (broad SMARTS) is 1. The second kappa shape index (κ2) is 11.5. The molecule has 0 unspecified atom stereocenters.